The number of para-hydroxylation sites is 1. The van der Waals surface area contributed by atoms with Crippen LogP contribution in [0.3, 0.4) is 0 Å². The van der Waals surface area contributed by atoms with E-state index in [2.05, 4.69) is 15.0 Å². The molecule has 1 unspecified atom stereocenters. The van der Waals surface area contributed by atoms with E-state index >= 15 is 0 Å². The monoisotopic (exact) mass is 344 g/mol. The Bertz CT molecular complexity index is 759. The largest absolute Gasteiger partial charge is 0.507 e. The summed E-state index contributed by atoms with van der Waals surface area (Å²) in [4.78, 5) is 21.0. The highest BCUT2D eigenvalue weighted by Crippen LogP contribution is 2.25. The third-order valence-corrected chi connectivity index (χ3v) is 4.75. The molecular weight excluding hydrogens is 320 g/mol. The summed E-state index contributed by atoms with van der Waals surface area (Å²) in [6.07, 6.45) is 1.94. The molecule has 1 aliphatic heterocycles. The van der Waals surface area contributed by atoms with Crippen molar-refractivity contribution in [1.82, 2.24) is 19.9 Å². The number of carbonyl (C=O) groups excluding carboxylic acids is 1. The van der Waals surface area contributed by atoms with Gasteiger partial charge in [-0.15, -0.1) is 0 Å². The van der Waals surface area contributed by atoms with E-state index in [9.17, 15) is 9.90 Å². The van der Waals surface area contributed by atoms with Crippen LogP contribution in [0.4, 0.5) is 0 Å². The second-order valence-electron chi connectivity index (χ2n) is 6.65. The molecule has 1 atom stereocenters. The van der Waals surface area contributed by atoms with E-state index in [-0.39, 0.29) is 17.7 Å². The lowest BCUT2D eigenvalue weighted by atomic mass is 10.0. The predicted octanol–water partition coefficient (Wildman–Crippen LogP) is 2.13. The number of hydrogen-bond acceptors (Lipinski definition) is 6. The Hall–Kier alpha value is -2.41. The van der Waals surface area contributed by atoms with Crippen molar-refractivity contribution >= 4 is 5.91 Å². The highest BCUT2D eigenvalue weighted by atomic mass is 16.5. The lowest BCUT2D eigenvalue weighted by Crippen LogP contribution is -2.48. The van der Waals surface area contributed by atoms with Crippen LogP contribution in [-0.4, -0.2) is 57.1 Å². The number of phenols is 1. The van der Waals surface area contributed by atoms with E-state index in [1.807, 2.05) is 0 Å². The smallest absolute Gasteiger partial charge is 0.257 e. The number of benzene rings is 1. The van der Waals surface area contributed by atoms with E-state index < -0.39 is 0 Å². The summed E-state index contributed by atoms with van der Waals surface area (Å²) in [7, 11) is 1.80. The standard InChI is InChI=1S/C18H24N4O3/c1-12-6-4-8-15(17(12)23)18(24)21(3)14-7-5-9-22(10-14)11-16-19-13(2)25-20-16/h4,6,8,14,23H,5,7,9-11H2,1-3H3. The van der Waals surface area contributed by atoms with E-state index in [1.165, 1.54) is 0 Å². The van der Waals surface area contributed by atoms with Crippen molar-refractivity contribution in [3.63, 3.8) is 0 Å². The Labute approximate surface area is 147 Å². The Morgan fingerprint density at radius 2 is 2.24 bits per heavy atom. The zero-order valence-corrected chi connectivity index (χ0v) is 14.9. The van der Waals surface area contributed by atoms with Crippen molar-refractivity contribution in [2.24, 2.45) is 0 Å². The van der Waals surface area contributed by atoms with Gasteiger partial charge in [-0.05, 0) is 37.9 Å². The van der Waals surface area contributed by atoms with Crippen LogP contribution in [0.15, 0.2) is 22.7 Å². The highest BCUT2D eigenvalue weighted by Gasteiger charge is 2.28. The Morgan fingerprint density at radius 1 is 1.44 bits per heavy atom. The molecule has 1 aromatic heterocycles. The van der Waals surface area contributed by atoms with Crippen LogP contribution in [-0.2, 0) is 6.54 Å². The quantitative estimate of drug-likeness (QED) is 0.915. The molecule has 1 aromatic carbocycles. The maximum Gasteiger partial charge on any atom is 0.257 e. The Balaban J connectivity index is 1.67. The Kier molecular flexibility index (Phi) is 5.03. The third-order valence-electron chi connectivity index (χ3n) is 4.75. The number of piperidine rings is 1. The van der Waals surface area contributed by atoms with E-state index in [0.717, 1.165) is 25.9 Å². The average Bonchev–Trinajstić information content (AvgIpc) is 3.01. The van der Waals surface area contributed by atoms with Gasteiger partial charge in [0.05, 0.1) is 12.1 Å². The first kappa shape index (κ1) is 17.4. The molecule has 134 valence electrons. The van der Waals surface area contributed by atoms with Gasteiger partial charge in [-0.1, -0.05) is 17.3 Å². The molecule has 1 N–H and O–H groups in total. The minimum atomic E-state index is -0.150. The Morgan fingerprint density at radius 3 is 2.96 bits per heavy atom. The first-order chi connectivity index (χ1) is 12.0. The normalized spacial score (nSPS) is 18.3. The van der Waals surface area contributed by atoms with Crippen molar-refractivity contribution in [1.29, 1.82) is 0 Å². The van der Waals surface area contributed by atoms with Gasteiger partial charge in [-0.2, -0.15) is 4.98 Å². The van der Waals surface area contributed by atoms with Crippen molar-refractivity contribution in [3.8, 4) is 5.75 Å². The molecule has 1 amide bonds. The summed E-state index contributed by atoms with van der Waals surface area (Å²) in [5, 5.41) is 14.1. The molecular formula is C18H24N4O3. The van der Waals surface area contributed by atoms with E-state index in [0.29, 0.717) is 29.4 Å². The first-order valence-electron chi connectivity index (χ1n) is 8.53. The van der Waals surface area contributed by atoms with E-state index in [4.69, 9.17) is 4.52 Å². The summed E-state index contributed by atoms with van der Waals surface area (Å²) in [5.41, 5.74) is 1.06. The molecule has 1 aliphatic rings. The number of nitrogens with zero attached hydrogens (tertiary/aromatic N) is 4. The minimum absolute atomic E-state index is 0.0642. The molecule has 25 heavy (non-hydrogen) atoms. The zero-order valence-electron chi connectivity index (χ0n) is 14.9. The second-order valence-corrected chi connectivity index (χ2v) is 6.65. The van der Waals surface area contributed by atoms with Gasteiger partial charge < -0.3 is 14.5 Å². The van der Waals surface area contributed by atoms with Crippen molar-refractivity contribution < 1.29 is 14.4 Å². The van der Waals surface area contributed by atoms with Crippen LogP contribution in [0.5, 0.6) is 5.75 Å². The molecule has 0 spiro atoms. The zero-order chi connectivity index (χ0) is 18.0. The first-order valence-corrected chi connectivity index (χ1v) is 8.53. The molecule has 3 rings (SSSR count). The second kappa shape index (κ2) is 7.23. The van der Waals surface area contributed by atoms with Crippen molar-refractivity contribution in [3.05, 3.63) is 41.0 Å². The SMILES string of the molecule is Cc1nc(CN2CCCC(N(C)C(=O)c3cccc(C)c3O)C2)no1. The number of rotatable bonds is 4. The molecule has 0 bridgehead atoms. The van der Waals surface area contributed by atoms with Gasteiger partial charge in [0.1, 0.15) is 5.75 Å². The minimum Gasteiger partial charge on any atom is -0.507 e. The van der Waals surface area contributed by atoms with Gasteiger partial charge in [0, 0.05) is 26.6 Å². The van der Waals surface area contributed by atoms with Crippen LogP contribution in [0.1, 0.15) is 40.5 Å². The fraction of sp³-hybridized carbons (Fsp3) is 0.500. The molecule has 7 heteroatoms. The van der Waals surface area contributed by atoms with Crippen LogP contribution in [0.2, 0.25) is 0 Å². The number of amides is 1. The van der Waals surface area contributed by atoms with Gasteiger partial charge >= 0.3 is 0 Å². The summed E-state index contributed by atoms with van der Waals surface area (Å²) < 4.78 is 5.02. The van der Waals surface area contributed by atoms with Crippen LogP contribution in [0, 0.1) is 13.8 Å². The maximum atomic E-state index is 12.8. The summed E-state index contributed by atoms with van der Waals surface area (Å²) in [6.45, 7) is 5.88. The van der Waals surface area contributed by atoms with Crippen LogP contribution in [0.25, 0.3) is 0 Å². The number of likely N-dealkylation sites (tertiary alicyclic amines) is 1. The van der Waals surface area contributed by atoms with Gasteiger partial charge in [0.2, 0.25) is 5.89 Å². The molecule has 2 aromatic rings. The number of aryl methyl sites for hydroxylation is 2. The van der Waals surface area contributed by atoms with E-state index in [1.54, 1.807) is 44.0 Å². The van der Waals surface area contributed by atoms with Crippen LogP contribution < -0.4 is 0 Å². The van der Waals surface area contributed by atoms with Crippen molar-refractivity contribution in [2.45, 2.75) is 39.3 Å². The number of aromatic nitrogens is 2. The summed E-state index contributed by atoms with van der Waals surface area (Å²) in [5.74, 6) is 1.15. The number of carbonyl (C=O) groups is 1. The lowest BCUT2D eigenvalue weighted by Gasteiger charge is -2.37. The van der Waals surface area contributed by atoms with Crippen LogP contribution >= 0.6 is 0 Å². The highest BCUT2D eigenvalue weighted by molar-refractivity contribution is 5.97. The summed E-state index contributed by atoms with van der Waals surface area (Å²) >= 11 is 0. The molecule has 1 saturated heterocycles. The molecule has 7 nitrogen and oxygen atoms in total. The third kappa shape index (κ3) is 3.82. The number of aromatic hydroxyl groups is 1. The fourth-order valence-corrected chi connectivity index (χ4v) is 3.28. The number of likely N-dealkylation sites (N-methyl/N-ethyl adjacent to an activating group) is 1. The van der Waals surface area contributed by atoms with Crippen molar-refractivity contribution in [2.75, 3.05) is 20.1 Å². The van der Waals surface area contributed by atoms with Gasteiger partial charge in [-0.3, -0.25) is 9.69 Å². The average molecular weight is 344 g/mol. The van der Waals surface area contributed by atoms with Gasteiger partial charge in [0.15, 0.2) is 5.82 Å². The molecule has 0 radical (unpaired) electrons. The summed E-state index contributed by atoms with van der Waals surface area (Å²) in [6, 6.07) is 5.35. The maximum absolute atomic E-state index is 12.8. The predicted molar refractivity (Wildman–Crippen MR) is 92.3 cm³/mol. The van der Waals surface area contributed by atoms with Gasteiger partial charge in [-0.25, -0.2) is 0 Å². The number of hydrogen-bond donors (Lipinski definition) is 1. The molecule has 0 aliphatic carbocycles. The molecule has 1 fully saturated rings. The topological polar surface area (TPSA) is 82.7 Å². The molecule has 0 saturated carbocycles. The lowest BCUT2D eigenvalue weighted by molar-refractivity contribution is 0.0602. The number of phenolic OH excluding ortho intramolecular Hbond substituents is 1. The molecule has 2 heterocycles. The van der Waals surface area contributed by atoms with Gasteiger partial charge in [0.25, 0.3) is 5.91 Å². The fourth-order valence-electron chi connectivity index (χ4n) is 3.28.